The molecule has 1 saturated heterocycles. The highest BCUT2D eigenvalue weighted by atomic mass is 16.2. The third-order valence-electron chi connectivity index (χ3n) is 6.36. The zero-order chi connectivity index (χ0) is 21.5. The second kappa shape index (κ2) is 7.89. The molecule has 0 spiro atoms. The fraction of sp³-hybridized carbons (Fsp3) is 0.417. The molecule has 0 radical (unpaired) electrons. The highest BCUT2D eigenvalue weighted by Crippen LogP contribution is 2.32. The summed E-state index contributed by atoms with van der Waals surface area (Å²) in [5, 5.41) is 2.34. The van der Waals surface area contributed by atoms with E-state index in [0.29, 0.717) is 18.5 Å². The summed E-state index contributed by atoms with van der Waals surface area (Å²) < 4.78 is 0. The molecule has 1 saturated carbocycles. The van der Waals surface area contributed by atoms with Gasteiger partial charge in [-0.2, -0.15) is 0 Å². The maximum absolute atomic E-state index is 12.9. The first kappa shape index (κ1) is 19.9. The average molecular weight is 418 g/mol. The minimum Gasteiger partial charge on any atom is -0.322 e. The van der Waals surface area contributed by atoms with E-state index in [1.807, 2.05) is 24.4 Å². The average Bonchev–Trinajstić information content (AvgIpc) is 3.50. The van der Waals surface area contributed by atoms with E-state index >= 15 is 0 Å². The molecule has 1 aliphatic carbocycles. The van der Waals surface area contributed by atoms with E-state index in [2.05, 4.69) is 34.4 Å². The normalized spacial score (nSPS) is 20.9. The van der Waals surface area contributed by atoms with Gasteiger partial charge in [-0.3, -0.25) is 24.7 Å². The summed E-state index contributed by atoms with van der Waals surface area (Å²) in [7, 11) is 2.16. The standard InChI is InChI=1S/C24H26N4O3/c1-27(12-15-2-3-15)13-16-8-9-25-20(10-16)17-4-5-19-18(11-17)14-28(24(19)31)21-6-7-22(29)26-23(21)30/h4-5,8-11,15,21H,2-3,6-7,12-14H2,1H3,(H,26,29,30). The van der Waals surface area contributed by atoms with E-state index in [9.17, 15) is 14.4 Å². The van der Waals surface area contributed by atoms with Crippen LogP contribution in [0.4, 0.5) is 0 Å². The van der Waals surface area contributed by atoms with Crippen LogP contribution in [0.1, 0.15) is 47.2 Å². The number of nitrogens with zero attached hydrogens (tertiary/aromatic N) is 3. The van der Waals surface area contributed by atoms with Gasteiger partial charge in [-0.05, 0) is 67.6 Å². The topological polar surface area (TPSA) is 82.6 Å². The van der Waals surface area contributed by atoms with Crippen molar-refractivity contribution in [2.75, 3.05) is 13.6 Å². The van der Waals surface area contributed by atoms with E-state index in [4.69, 9.17) is 0 Å². The second-order valence-electron chi connectivity index (χ2n) is 8.96. The fourth-order valence-electron chi connectivity index (χ4n) is 4.58. The molecule has 1 unspecified atom stereocenters. The summed E-state index contributed by atoms with van der Waals surface area (Å²) in [5.74, 6) is 0.0380. The van der Waals surface area contributed by atoms with Crippen LogP contribution in [-0.2, 0) is 22.7 Å². The van der Waals surface area contributed by atoms with Gasteiger partial charge in [0, 0.05) is 43.4 Å². The second-order valence-corrected chi connectivity index (χ2v) is 8.96. The lowest BCUT2D eigenvalue weighted by atomic mass is 10.0. The predicted octanol–water partition coefficient (Wildman–Crippen LogP) is 2.35. The number of hydrogen-bond donors (Lipinski definition) is 1. The third kappa shape index (κ3) is 4.10. The highest BCUT2D eigenvalue weighted by molar-refractivity contribution is 6.05. The summed E-state index contributed by atoms with van der Waals surface area (Å²) in [6.45, 7) is 2.39. The Morgan fingerprint density at radius 3 is 2.74 bits per heavy atom. The minimum atomic E-state index is -0.593. The molecule has 3 amide bonds. The maximum atomic E-state index is 12.9. The van der Waals surface area contributed by atoms with Gasteiger partial charge in [0.25, 0.3) is 5.91 Å². The lowest BCUT2D eigenvalue weighted by Gasteiger charge is -2.29. The number of nitrogens with one attached hydrogen (secondary N) is 1. The molecule has 31 heavy (non-hydrogen) atoms. The molecule has 160 valence electrons. The fourth-order valence-corrected chi connectivity index (χ4v) is 4.58. The van der Waals surface area contributed by atoms with Crippen molar-refractivity contribution in [2.45, 2.75) is 44.8 Å². The van der Waals surface area contributed by atoms with Gasteiger partial charge in [0.15, 0.2) is 0 Å². The number of hydrogen-bond acceptors (Lipinski definition) is 5. The van der Waals surface area contributed by atoms with Crippen molar-refractivity contribution in [3.63, 3.8) is 0 Å². The highest BCUT2D eigenvalue weighted by Gasteiger charge is 2.39. The summed E-state index contributed by atoms with van der Waals surface area (Å²) in [5.41, 5.74) is 4.57. The van der Waals surface area contributed by atoms with E-state index in [1.54, 1.807) is 4.90 Å². The smallest absolute Gasteiger partial charge is 0.255 e. The summed E-state index contributed by atoms with van der Waals surface area (Å²) >= 11 is 0. The van der Waals surface area contributed by atoms with Crippen molar-refractivity contribution in [2.24, 2.45) is 5.92 Å². The Bertz CT molecular complexity index is 1060. The summed E-state index contributed by atoms with van der Waals surface area (Å²) in [6, 6.07) is 9.31. The maximum Gasteiger partial charge on any atom is 0.255 e. The third-order valence-corrected chi connectivity index (χ3v) is 6.36. The molecule has 7 heteroatoms. The lowest BCUT2D eigenvalue weighted by Crippen LogP contribution is -2.52. The van der Waals surface area contributed by atoms with Crippen molar-refractivity contribution in [3.05, 3.63) is 53.2 Å². The SMILES string of the molecule is CN(Cc1ccnc(-c2ccc3c(c2)CN(C2CCC(=O)NC2=O)C3=O)c1)CC1CC1. The van der Waals surface area contributed by atoms with Crippen LogP contribution in [0.3, 0.4) is 0 Å². The molecular weight excluding hydrogens is 392 g/mol. The molecule has 5 rings (SSSR count). The largest absolute Gasteiger partial charge is 0.322 e. The predicted molar refractivity (Wildman–Crippen MR) is 115 cm³/mol. The molecule has 2 fully saturated rings. The zero-order valence-electron chi connectivity index (χ0n) is 17.6. The van der Waals surface area contributed by atoms with Crippen molar-refractivity contribution in [3.8, 4) is 11.3 Å². The van der Waals surface area contributed by atoms with Crippen LogP contribution < -0.4 is 5.32 Å². The molecule has 3 aliphatic rings. The number of pyridine rings is 1. The summed E-state index contributed by atoms with van der Waals surface area (Å²) in [6.07, 6.45) is 5.15. The van der Waals surface area contributed by atoms with Crippen LogP contribution in [0.5, 0.6) is 0 Å². The van der Waals surface area contributed by atoms with Gasteiger partial charge < -0.3 is 9.80 Å². The molecular formula is C24H26N4O3. The zero-order valence-corrected chi connectivity index (χ0v) is 17.6. The number of amides is 3. The van der Waals surface area contributed by atoms with Gasteiger partial charge in [-0.15, -0.1) is 0 Å². The monoisotopic (exact) mass is 418 g/mol. The minimum absolute atomic E-state index is 0.153. The van der Waals surface area contributed by atoms with Crippen LogP contribution in [0.25, 0.3) is 11.3 Å². The van der Waals surface area contributed by atoms with Gasteiger partial charge in [0.1, 0.15) is 6.04 Å². The van der Waals surface area contributed by atoms with Gasteiger partial charge in [-0.25, -0.2) is 0 Å². The number of piperidine rings is 1. The van der Waals surface area contributed by atoms with E-state index < -0.39 is 6.04 Å². The molecule has 2 aliphatic heterocycles. The van der Waals surface area contributed by atoms with Gasteiger partial charge in [-0.1, -0.05) is 6.07 Å². The van der Waals surface area contributed by atoms with Gasteiger partial charge >= 0.3 is 0 Å². The summed E-state index contributed by atoms with van der Waals surface area (Å²) in [4.78, 5) is 45.0. The molecule has 1 aromatic heterocycles. The number of imide groups is 1. The Balaban J connectivity index is 1.34. The van der Waals surface area contributed by atoms with Crippen molar-refractivity contribution in [1.82, 2.24) is 20.1 Å². The Morgan fingerprint density at radius 1 is 1.13 bits per heavy atom. The number of benzene rings is 1. The van der Waals surface area contributed by atoms with Crippen LogP contribution in [-0.4, -0.2) is 52.1 Å². The number of fused-ring (bicyclic) bond motifs is 1. The number of aromatic nitrogens is 1. The lowest BCUT2D eigenvalue weighted by molar-refractivity contribution is -0.136. The van der Waals surface area contributed by atoms with Crippen LogP contribution in [0, 0.1) is 5.92 Å². The van der Waals surface area contributed by atoms with Crippen molar-refractivity contribution < 1.29 is 14.4 Å². The number of rotatable bonds is 6. The van der Waals surface area contributed by atoms with Crippen molar-refractivity contribution in [1.29, 1.82) is 0 Å². The first-order chi connectivity index (χ1) is 15.0. The molecule has 0 bridgehead atoms. The van der Waals surface area contributed by atoms with Crippen LogP contribution in [0.2, 0.25) is 0 Å². The van der Waals surface area contributed by atoms with Gasteiger partial charge in [0.2, 0.25) is 11.8 Å². The van der Waals surface area contributed by atoms with E-state index in [-0.39, 0.29) is 24.1 Å². The Morgan fingerprint density at radius 2 is 1.97 bits per heavy atom. The van der Waals surface area contributed by atoms with Gasteiger partial charge in [0.05, 0.1) is 5.69 Å². The van der Waals surface area contributed by atoms with Crippen molar-refractivity contribution >= 4 is 17.7 Å². The number of carbonyl (C=O) groups excluding carboxylic acids is 3. The Kier molecular flexibility index (Phi) is 5.06. The van der Waals surface area contributed by atoms with Crippen LogP contribution in [0.15, 0.2) is 36.5 Å². The number of carbonyl (C=O) groups is 3. The quantitative estimate of drug-likeness (QED) is 0.729. The molecule has 1 aromatic carbocycles. The first-order valence-electron chi connectivity index (χ1n) is 10.9. The molecule has 1 atom stereocenters. The first-order valence-corrected chi connectivity index (χ1v) is 10.9. The Labute approximate surface area is 181 Å². The van der Waals surface area contributed by atoms with E-state index in [0.717, 1.165) is 35.8 Å². The molecule has 7 nitrogen and oxygen atoms in total. The van der Waals surface area contributed by atoms with E-state index in [1.165, 1.54) is 18.4 Å². The Hall–Kier alpha value is -3.06. The van der Waals surface area contributed by atoms with Crippen LogP contribution >= 0.6 is 0 Å². The molecule has 3 heterocycles. The molecule has 2 aromatic rings. The molecule has 1 N–H and O–H groups in total.